The molecule has 5 heteroatoms. The van der Waals surface area contributed by atoms with Gasteiger partial charge in [-0.3, -0.25) is 0 Å². The molecule has 0 spiro atoms. The molecule has 0 radical (unpaired) electrons. The number of hydrogen-bond donors (Lipinski definition) is 2. The van der Waals surface area contributed by atoms with E-state index in [1.54, 1.807) is 0 Å². The van der Waals surface area contributed by atoms with Gasteiger partial charge in [-0.1, -0.05) is 18.2 Å². The Balaban J connectivity index is 2.15. The van der Waals surface area contributed by atoms with Crippen LogP contribution in [0, 0.1) is 0 Å². The molecule has 1 atom stereocenters. The molecule has 1 aliphatic heterocycles. The number of carbonyl (C=O) groups is 1. The van der Waals surface area contributed by atoms with Gasteiger partial charge in [0, 0.05) is 17.9 Å². The first kappa shape index (κ1) is 12.5. The molecular formula is C15H15N3O2. The molecule has 1 aromatic heterocycles. The third-order valence-corrected chi connectivity index (χ3v) is 3.63. The normalized spacial score (nSPS) is 17.1. The van der Waals surface area contributed by atoms with E-state index in [1.807, 2.05) is 23.1 Å². The van der Waals surface area contributed by atoms with Crippen LogP contribution in [0.25, 0.3) is 0 Å². The first-order valence-electron chi connectivity index (χ1n) is 6.44. The van der Waals surface area contributed by atoms with Crippen molar-refractivity contribution in [3.8, 4) is 0 Å². The number of carboxylic acid groups (broad SMARTS) is 1. The van der Waals surface area contributed by atoms with Crippen molar-refractivity contribution >= 4 is 23.2 Å². The third kappa shape index (κ3) is 1.79. The van der Waals surface area contributed by atoms with Gasteiger partial charge in [0.05, 0.1) is 11.3 Å². The number of rotatable bonds is 2. The molecule has 1 aromatic carbocycles. The number of hydrogen-bond acceptors (Lipinski definition) is 4. The molecule has 20 heavy (non-hydrogen) atoms. The van der Waals surface area contributed by atoms with E-state index < -0.39 is 5.97 Å². The maximum absolute atomic E-state index is 11.2. The second-order valence-electron chi connectivity index (χ2n) is 4.95. The quantitative estimate of drug-likeness (QED) is 0.875. The molecule has 0 saturated carbocycles. The summed E-state index contributed by atoms with van der Waals surface area (Å²) in [5.74, 6) is -0.520. The Labute approximate surface area is 116 Å². The summed E-state index contributed by atoms with van der Waals surface area (Å²) < 4.78 is 0. The van der Waals surface area contributed by atoms with Crippen LogP contribution in [0.5, 0.6) is 0 Å². The number of nitrogens with zero attached hydrogens (tertiary/aromatic N) is 2. The first-order valence-corrected chi connectivity index (χ1v) is 6.44. The van der Waals surface area contributed by atoms with E-state index in [4.69, 9.17) is 10.8 Å². The van der Waals surface area contributed by atoms with Crippen molar-refractivity contribution in [2.45, 2.75) is 19.4 Å². The topological polar surface area (TPSA) is 79.5 Å². The summed E-state index contributed by atoms with van der Waals surface area (Å²) in [4.78, 5) is 17.5. The Kier molecular flexibility index (Phi) is 2.82. The van der Waals surface area contributed by atoms with Gasteiger partial charge in [0.15, 0.2) is 5.82 Å². The number of pyridine rings is 1. The number of anilines is 3. The van der Waals surface area contributed by atoms with Crippen LogP contribution in [0.15, 0.2) is 36.5 Å². The number of para-hydroxylation sites is 1. The lowest BCUT2D eigenvalue weighted by Gasteiger charge is -2.25. The summed E-state index contributed by atoms with van der Waals surface area (Å²) in [6.45, 7) is 2.08. The Hall–Kier alpha value is -2.56. The van der Waals surface area contributed by atoms with Crippen LogP contribution in [0.2, 0.25) is 0 Å². The van der Waals surface area contributed by atoms with Gasteiger partial charge in [-0.15, -0.1) is 0 Å². The van der Waals surface area contributed by atoms with Crippen molar-refractivity contribution in [1.82, 2.24) is 4.98 Å². The van der Waals surface area contributed by atoms with Gasteiger partial charge >= 0.3 is 5.97 Å². The molecule has 0 fully saturated rings. The zero-order chi connectivity index (χ0) is 14.3. The summed E-state index contributed by atoms with van der Waals surface area (Å²) in [7, 11) is 0. The van der Waals surface area contributed by atoms with E-state index in [1.165, 1.54) is 17.8 Å². The highest BCUT2D eigenvalue weighted by molar-refractivity contribution is 5.97. The number of fused-ring (bicyclic) bond motifs is 1. The lowest BCUT2D eigenvalue weighted by molar-refractivity contribution is 0.0698. The molecule has 2 aromatic rings. The van der Waals surface area contributed by atoms with Crippen LogP contribution in [0.3, 0.4) is 0 Å². The molecule has 5 nitrogen and oxygen atoms in total. The molecular weight excluding hydrogens is 254 g/mol. The monoisotopic (exact) mass is 269 g/mol. The van der Waals surface area contributed by atoms with Crippen LogP contribution in [-0.2, 0) is 6.42 Å². The van der Waals surface area contributed by atoms with E-state index in [0.717, 1.165) is 12.1 Å². The minimum Gasteiger partial charge on any atom is -0.478 e. The number of nitrogen functional groups attached to an aromatic ring is 1. The Bertz CT molecular complexity index is 685. The van der Waals surface area contributed by atoms with Gasteiger partial charge in [-0.05, 0) is 31.0 Å². The zero-order valence-corrected chi connectivity index (χ0v) is 11.1. The first-order chi connectivity index (χ1) is 9.59. The number of aromatic carboxylic acids is 1. The van der Waals surface area contributed by atoms with Gasteiger partial charge in [0.1, 0.15) is 0 Å². The third-order valence-electron chi connectivity index (χ3n) is 3.63. The average Bonchev–Trinajstić information content (AvgIpc) is 2.75. The van der Waals surface area contributed by atoms with Gasteiger partial charge in [0.2, 0.25) is 0 Å². The van der Waals surface area contributed by atoms with Crippen molar-refractivity contribution in [2.75, 3.05) is 10.6 Å². The summed E-state index contributed by atoms with van der Waals surface area (Å²) in [5.41, 5.74) is 8.57. The van der Waals surface area contributed by atoms with E-state index in [-0.39, 0.29) is 17.3 Å². The van der Waals surface area contributed by atoms with Crippen LogP contribution in [-0.4, -0.2) is 22.1 Å². The average molecular weight is 269 g/mol. The lowest BCUT2D eigenvalue weighted by Crippen LogP contribution is -2.26. The Morgan fingerprint density at radius 3 is 2.90 bits per heavy atom. The van der Waals surface area contributed by atoms with E-state index in [9.17, 15) is 4.79 Å². The summed E-state index contributed by atoms with van der Waals surface area (Å²) in [6.07, 6.45) is 2.39. The van der Waals surface area contributed by atoms with E-state index >= 15 is 0 Å². The highest BCUT2D eigenvalue weighted by atomic mass is 16.4. The SMILES string of the molecule is CC1Cc2ccccc2N1c1nccc(C(=O)O)c1N. The zero-order valence-electron chi connectivity index (χ0n) is 11.1. The predicted octanol–water partition coefficient (Wildman–Crippen LogP) is 2.44. The van der Waals surface area contributed by atoms with Gasteiger partial charge in [-0.25, -0.2) is 9.78 Å². The smallest absolute Gasteiger partial charge is 0.337 e. The van der Waals surface area contributed by atoms with Gasteiger partial charge in [0.25, 0.3) is 0 Å². The Morgan fingerprint density at radius 2 is 2.15 bits per heavy atom. The van der Waals surface area contributed by atoms with Crippen LogP contribution < -0.4 is 10.6 Å². The van der Waals surface area contributed by atoms with Crippen molar-refractivity contribution in [3.63, 3.8) is 0 Å². The molecule has 3 N–H and O–H groups in total. The van der Waals surface area contributed by atoms with Crippen molar-refractivity contribution in [3.05, 3.63) is 47.7 Å². The van der Waals surface area contributed by atoms with Gasteiger partial charge in [-0.2, -0.15) is 0 Å². The molecule has 1 aliphatic rings. The molecule has 0 saturated heterocycles. The second kappa shape index (κ2) is 4.52. The molecule has 0 bridgehead atoms. The lowest BCUT2D eigenvalue weighted by atomic mass is 10.1. The summed E-state index contributed by atoms with van der Waals surface area (Å²) in [5, 5.41) is 9.17. The molecule has 3 rings (SSSR count). The number of aromatic nitrogens is 1. The fourth-order valence-electron chi connectivity index (χ4n) is 2.73. The number of benzene rings is 1. The molecule has 102 valence electrons. The van der Waals surface area contributed by atoms with Crippen LogP contribution in [0.1, 0.15) is 22.8 Å². The fourth-order valence-corrected chi connectivity index (χ4v) is 2.73. The maximum atomic E-state index is 11.2. The van der Waals surface area contributed by atoms with Crippen molar-refractivity contribution in [2.24, 2.45) is 0 Å². The standard InChI is InChI=1S/C15H15N3O2/c1-9-8-10-4-2-3-5-12(10)18(9)14-13(16)11(15(19)20)6-7-17-14/h2-7,9H,8,16H2,1H3,(H,19,20). The highest BCUT2D eigenvalue weighted by Gasteiger charge is 2.30. The molecule has 0 amide bonds. The summed E-state index contributed by atoms with van der Waals surface area (Å²) >= 11 is 0. The second-order valence-corrected chi connectivity index (χ2v) is 4.95. The van der Waals surface area contributed by atoms with Crippen molar-refractivity contribution in [1.29, 1.82) is 0 Å². The van der Waals surface area contributed by atoms with Crippen molar-refractivity contribution < 1.29 is 9.90 Å². The van der Waals surface area contributed by atoms with E-state index in [0.29, 0.717) is 5.82 Å². The van der Waals surface area contributed by atoms with E-state index in [2.05, 4.69) is 18.0 Å². The fraction of sp³-hybridized carbons (Fsp3) is 0.200. The van der Waals surface area contributed by atoms with Crippen LogP contribution in [0.4, 0.5) is 17.2 Å². The predicted molar refractivity (Wildman–Crippen MR) is 77.4 cm³/mol. The largest absolute Gasteiger partial charge is 0.478 e. The highest BCUT2D eigenvalue weighted by Crippen LogP contribution is 2.40. The number of nitrogens with two attached hydrogens (primary N) is 1. The molecule has 1 unspecified atom stereocenters. The number of carboxylic acids is 1. The van der Waals surface area contributed by atoms with Crippen LogP contribution >= 0.6 is 0 Å². The maximum Gasteiger partial charge on any atom is 0.337 e. The minimum absolute atomic E-state index is 0.0894. The Morgan fingerprint density at radius 1 is 1.40 bits per heavy atom. The van der Waals surface area contributed by atoms with Gasteiger partial charge < -0.3 is 15.7 Å². The minimum atomic E-state index is -1.04. The molecule has 2 heterocycles. The molecule has 0 aliphatic carbocycles. The summed E-state index contributed by atoms with van der Waals surface area (Å²) in [6, 6.07) is 9.66.